The highest BCUT2D eigenvalue weighted by Gasteiger charge is 2.14. The number of nitro benzene ring substituents is 1. The molecule has 1 aromatic heterocycles. The lowest BCUT2D eigenvalue weighted by atomic mass is 10.1. The molecule has 0 bridgehead atoms. The van der Waals surface area contributed by atoms with Crippen molar-refractivity contribution in [3.8, 4) is 0 Å². The SMILES string of the molecule is CN(Cc1cc([N+](=O)[O-])ccc1Cl)C(=O)CCc1cccnc1. The smallest absolute Gasteiger partial charge is 0.269 e. The number of benzene rings is 1. The summed E-state index contributed by atoms with van der Waals surface area (Å²) in [6.45, 7) is 0.229. The van der Waals surface area contributed by atoms with Gasteiger partial charge in [0, 0.05) is 49.6 Å². The topological polar surface area (TPSA) is 76.3 Å². The highest BCUT2D eigenvalue weighted by Crippen LogP contribution is 2.23. The lowest BCUT2D eigenvalue weighted by Gasteiger charge is -2.18. The molecule has 0 N–H and O–H groups in total. The van der Waals surface area contributed by atoms with Gasteiger partial charge in [0.1, 0.15) is 0 Å². The molecule has 1 amide bonds. The Hall–Kier alpha value is -2.47. The van der Waals surface area contributed by atoms with E-state index in [1.807, 2.05) is 12.1 Å². The van der Waals surface area contributed by atoms with Gasteiger partial charge in [-0.3, -0.25) is 19.9 Å². The maximum absolute atomic E-state index is 12.2. The standard InChI is InChI=1S/C16H16ClN3O3/c1-19(16(21)7-4-12-3-2-8-18-10-12)11-13-9-14(20(22)23)5-6-15(13)17/h2-3,5-6,8-10H,4,7,11H2,1H3. The molecule has 0 spiro atoms. The van der Waals surface area contributed by atoms with Crippen LogP contribution < -0.4 is 0 Å². The van der Waals surface area contributed by atoms with Crippen molar-refractivity contribution in [2.45, 2.75) is 19.4 Å². The molecule has 1 aromatic carbocycles. The fourth-order valence-electron chi connectivity index (χ4n) is 2.13. The summed E-state index contributed by atoms with van der Waals surface area (Å²) in [4.78, 5) is 28.0. The number of nitrogens with zero attached hydrogens (tertiary/aromatic N) is 3. The van der Waals surface area contributed by atoms with Crippen LogP contribution in [0.5, 0.6) is 0 Å². The predicted molar refractivity (Wildman–Crippen MR) is 87.1 cm³/mol. The minimum atomic E-state index is -0.482. The maximum atomic E-state index is 12.2. The molecule has 2 aromatic rings. The Labute approximate surface area is 138 Å². The van der Waals surface area contributed by atoms with Crippen molar-refractivity contribution < 1.29 is 9.72 Å². The molecule has 7 heteroatoms. The average molecular weight is 334 g/mol. The summed E-state index contributed by atoms with van der Waals surface area (Å²) < 4.78 is 0. The minimum absolute atomic E-state index is 0.0411. The van der Waals surface area contributed by atoms with Gasteiger partial charge in [0.25, 0.3) is 5.69 Å². The largest absolute Gasteiger partial charge is 0.341 e. The van der Waals surface area contributed by atoms with Crippen LogP contribution in [0.2, 0.25) is 5.02 Å². The van der Waals surface area contributed by atoms with E-state index in [9.17, 15) is 14.9 Å². The Morgan fingerprint density at radius 1 is 1.39 bits per heavy atom. The first kappa shape index (κ1) is 16.9. The van der Waals surface area contributed by atoms with Gasteiger partial charge >= 0.3 is 0 Å². The van der Waals surface area contributed by atoms with Crippen molar-refractivity contribution in [2.24, 2.45) is 0 Å². The second kappa shape index (κ2) is 7.69. The van der Waals surface area contributed by atoms with Crippen molar-refractivity contribution in [3.63, 3.8) is 0 Å². The van der Waals surface area contributed by atoms with E-state index in [0.717, 1.165) is 5.56 Å². The molecule has 0 atom stereocenters. The van der Waals surface area contributed by atoms with E-state index in [-0.39, 0.29) is 18.1 Å². The van der Waals surface area contributed by atoms with Gasteiger partial charge in [-0.25, -0.2) is 0 Å². The van der Waals surface area contributed by atoms with Crippen LogP contribution in [-0.2, 0) is 17.8 Å². The normalized spacial score (nSPS) is 10.3. The average Bonchev–Trinajstić information content (AvgIpc) is 2.55. The number of pyridine rings is 1. The van der Waals surface area contributed by atoms with Crippen molar-refractivity contribution in [1.82, 2.24) is 9.88 Å². The van der Waals surface area contributed by atoms with E-state index < -0.39 is 4.92 Å². The summed E-state index contributed by atoms with van der Waals surface area (Å²) in [5, 5.41) is 11.2. The lowest BCUT2D eigenvalue weighted by molar-refractivity contribution is -0.384. The van der Waals surface area contributed by atoms with Gasteiger partial charge in [-0.1, -0.05) is 17.7 Å². The van der Waals surface area contributed by atoms with Gasteiger partial charge in [0.05, 0.1) is 4.92 Å². The minimum Gasteiger partial charge on any atom is -0.341 e. The number of hydrogen-bond donors (Lipinski definition) is 0. The Bertz CT molecular complexity index is 707. The lowest BCUT2D eigenvalue weighted by Crippen LogP contribution is -2.26. The first-order chi connectivity index (χ1) is 11.0. The zero-order valence-corrected chi connectivity index (χ0v) is 13.4. The maximum Gasteiger partial charge on any atom is 0.269 e. The van der Waals surface area contributed by atoms with Gasteiger partial charge in [0.2, 0.25) is 5.91 Å². The van der Waals surface area contributed by atoms with E-state index in [4.69, 9.17) is 11.6 Å². The van der Waals surface area contributed by atoms with Crippen LogP contribution in [0.25, 0.3) is 0 Å². The number of hydrogen-bond acceptors (Lipinski definition) is 4. The fourth-order valence-corrected chi connectivity index (χ4v) is 2.31. The van der Waals surface area contributed by atoms with Crippen molar-refractivity contribution in [3.05, 3.63) is 69.0 Å². The molecule has 23 heavy (non-hydrogen) atoms. The Kier molecular flexibility index (Phi) is 5.65. The quantitative estimate of drug-likeness (QED) is 0.600. The molecule has 0 saturated carbocycles. The van der Waals surface area contributed by atoms with Crippen molar-refractivity contribution in [2.75, 3.05) is 7.05 Å². The first-order valence-corrected chi connectivity index (χ1v) is 7.41. The number of aromatic nitrogens is 1. The molecule has 0 aliphatic carbocycles. The van der Waals surface area contributed by atoms with E-state index >= 15 is 0 Å². The molecule has 0 saturated heterocycles. The van der Waals surface area contributed by atoms with Gasteiger partial charge in [-0.15, -0.1) is 0 Å². The Morgan fingerprint density at radius 2 is 2.17 bits per heavy atom. The number of nitro groups is 1. The van der Waals surface area contributed by atoms with Crippen LogP contribution in [-0.4, -0.2) is 27.8 Å². The van der Waals surface area contributed by atoms with Crippen LogP contribution in [0, 0.1) is 10.1 Å². The first-order valence-electron chi connectivity index (χ1n) is 7.03. The van der Waals surface area contributed by atoms with Crippen LogP contribution in [0.4, 0.5) is 5.69 Å². The zero-order chi connectivity index (χ0) is 16.8. The summed E-state index contributed by atoms with van der Waals surface area (Å²) >= 11 is 6.05. The molecular weight excluding hydrogens is 318 g/mol. The second-order valence-corrected chi connectivity index (χ2v) is 5.55. The van der Waals surface area contributed by atoms with Crippen molar-refractivity contribution >= 4 is 23.2 Å². The molecule has 120 valence electrons. The molecule has 2 rings (SSSR count). The van der Waals surface area contributed by atoms with Gasteiger partial charge in [0.15, 0.2) is 0 Å². The summed E-state index contributed by atoms with van der Waals surface area (Å²) in [6.07, 6.45) is 4.35. The number of carbonyl (C=O) groups excluding carboxylic acids is 1. The third kappa shape index (κ3) is 4.75. The van der Waals surface area contributed by atoms with Crippen molar-refractivity contribution in [1.29, 1.82) is 0 Å². The predicted octanol–water partition coefficient (Wildman–Crippen LogP) is 3.23. The van der Waals surface area contributed by atoms with Crippen LogP contribution in [0.1, 0.15) is 17.5 Å². The molecule has 1 heterocycles. The molecular formula is C16H16ClN3O3. The molecule has 0 aliphatic heterocycles. The van der Waals surface area contributed by atoms with E-state index in [1.54, 1.807) is 19.4 Å². The Balaban J connectivity index is 1.98. The molecule has 0 radical (unpaired) electrons. The van der Waals surface area contributed by atoms with Gasteiger partial charge < -0.3 is 4.90 Å². The number of rotatable bonds is 6. The fraction of sp³-hybridized carbons (Fsp3) is 0.250. The van der Waals surface area contributed by atoms with Crippen LogP contribution >= 0.6 is 11.6 Å². The summed E-state index contributed by atoms with van der Waals surface area (Å²) in [7, 11) is 1.65. The zero-order valence-electron chi connectivity index (χ0n) is 12.6. The number of halogens is 1. The number of aryl methyl sites for hydroxylation is 1. The third-order valence-corrected chi connectivity index (χ3v) is 3.79. The number of carbonyl (C=O) groups is 1. The molecule has 0 fully saturated rings. The molecule has 0 unspecified atom stereocenters. The monoisotopic (exact) mass is 333 g/mol. The second-order valence-electron chi connectivity index (χ2n) is 5.14. The van der Waals surface area contributed by atoms with Crippen LogP contribution in [0.15, 0.2) is 42.7 Å². The molecule has 6 nitrogen and oxygen atoms in total. The summed E-state index contributed by atoms with van der Waals surface area (Å²) in [5.41, 5.74) is 1.50. The molecule has 0 aliphatic rings. The van der Waals surface area contributed by atoms with Gasteiger partial charge in [-0.2, -0.15) is 0 Å². The van der Waals surface area contributed by atoms with Gasteiger partial charge in [-0.05, 0) is 29.7 Å². The summed E-state index contributed by atoms with van der Waals surface area (Å²) in [5.74, 6) is -0.0589. The van der Waals surface area contributed by atoms with E-state index in [0.29, 0.717) is 23.4 Å². The van der Waals surface area contributed by atoms with E-state index in [2.05, 4.69) is 4.98 Å². The number of non-ortho nitro benzene ring substituents is 1. The Morgan fingerprint density at radius 3 is 2.83 bits per heavy atom. The highest BCUT2D eigenvalue weighted by molar-refractivity contribution is 6.31. The number of amides is 1. The van der Waals surface area contributed by atoms with E-state index in [1.165, 1.54) is 23.1 Å². The summed E-state index contributed by atoms with van der Waals surface area (Å²) in [6, 6.07) is 7.95. The third-order valence-electron chi connectivity index (χ3n) is 3.42. The highest BCUT2D eigenvalue weighted by atomic mass is 35.5. The van der Waals surface area contributed by atoms with Crippen LogP contribution in [0.3, 0.4) is 0 Å².